The van der Waals surface area contributed by atoms with E-state index in [0.717, 1.165) is 32.2 Å². The van der Waals surface area contributed by atoms with Crippen LogP contribution in [-0.2, 0) is 0 Å². The maximum absolute atomic E-state index is 5.99. The number of halogens is 1. The number of anilines is 2. The normalized spacial score (nSPS) is 10.8. The molecule has 0 aliphatic heterocycles. The zero-order valence-corrected chi connectivity index (χ0v) is 13.6. The molecule has 6 heteroatoms. The average Bonchev–Trinajstić information content (AvgIpc) is 2.79. The van der Waals surface area contributed by atoms with Gasteiger partial charge >= 0.3 is 0 Å². The van der Waals surface area contributed by atoms with Crippen LogP contribution in [0, 0.1) is 6.92 Å². The zero-order chi connectivity index (χ0) is 15.0. The maximum atomic E-state index is 5.99. The molecule has 21 heavy (non-hydrogen) atoms. The van der Waals surface area contributed by atoms with Gasteiger partial charge in [0.25, 0.3) is 0 Å². The molecule has 106 valence electrons. The minimum absolute atomic E-state index is 0.411. The van der Waals surface area contributed by atoms with Crippen LogP contribution in [0.2, 0.25) is 5.02 Å². The third-order valence-electron chi connectivity index (χ3n) is 3.09. The second-order valence-corrected chi connectivity index (χ2v) is 6.56. The Hall–Kier alpha value is -1.69. The van der Waals surface area contributed by atoms with Crippen LogP contribution in [0.15, 0.2) is 36.4 Å². The predicted molar refractivity (Wildman–Crippen MR) is 95.0 cm³/mol. The van der Waals surface area contributed by atoms with Crippen molar-refractivity contribution >= 4 is 61.2 Å². The van der Waals surface area contributed by atoms with Gasteiger partial charge in [0.15, 0.2) is 5.13 Å². The first-order chi connectivity index (χ1) is 10.0. The molecule has 0 atom stereocenters. The van der Waals surface area contributed by atoms with Gasteiger partial charge in [-0.2, -0.15) is 0 Å². The summed E-state index contributed by atoms with van der Waals surface area (Å²) in [4.78, 5) is 4.95. The molecule has 0 spiro atoms. The third kappa shape index (κ3) is 3.00. The van der Waals surface area contributed by atoms with Crippen molar-refractivity contribution in [1.29, 1.82) is 0 Å². The standard InChI is InChI=1S/C15H12ClN3S2/c1-8-6-10(3-4-11(8)14(17)20)18-15-19-12-5-2-9(16)7-13(12)21-15/h2-7H,1H3,(H2,17,20)(H,18,19). The first-order valence-corrected chi connectivity index (χ1v) is 7.87. The second kappa shape index (κ2) is 5.60. The third-order valence-corrected chi connectivity index (χ3v) is 4.48. The number of hydrogen-bond donors (Lipinski definition) is 2. The molecular formula is C15H12ClN3S2. The Morgan fingerprint density at radius 1 is 1.29 bits per heavy atom. The van der Waals surface area contributed by atoms with Crippen molar-refractivity contribution in [2.45, 2.75) is 6.92 Å². The molecule has 3 aromatic rings. The lowest BCUT2D eigenvalue weighted by molar-refractivity contribution is 1.40. The fraction of sp³-hybridized carbons (Fsp3) is 0.0667. The Balaban J connectivity index is 1.91. The molecule has 0 aliphatic rings. The highest BCUT2D eigenvalue weighted by Gasteiger charge is 2.07. The van der Waals surface area contributed by atoms with Gasteiger partial charge in [-0.05, 0) is 48.9 Å². The van der Waals surface area contributed by atoms with E-state index in [2.05, 4.69) is 10.3 Å². The number of fused-ring (bicyclic) bond motifs is 1. The molecule has 2 aromatic carbocycles. The van der Waals surface area contributed by atoms with Gasteiger partial charge in [0, 0.05) is 16.3 Å². The van der Waals surface area contributed by atoms with Gasteiger partial charge in [0.1, 0.15) is 4.99 Å². The summed E-state index contributed by atoms with van der Waals surface area (Å²) < 4.78 is 1.06. The van der Waals surface area contributed by atoms with E-state index in [1.54, 1.807) is 11.3 Å². The summed E-state index contributed by atoms with van der Waals surface area (Å²) in [5, 5.41) is 4.85. The van der Waals surface area contributed by atoms with Gasteiger partial charge in [0.05, 0.1) is 10.2 Å². The molecule has 0 aliphatic carbocycles. The van der Waals surface area contributed by atoms with Gasteiger partial charge in [-0.25, -0.2) is 4.98 Å². The molecule has 1 heterocycles. The van der Waals surface area contributed by atoms with Crippen LogP contribution >= 0.6 is 35.2 Å². The van der Waals surface area contributed by atoms with Gasteiger partial charge in [-0.15, -0.1) is 0 Å². The summed E-state index contributed by atoms with van der Waals surface area (Å²) in [5.74, 6) is 0. The smallest absolute Gasteiger partial charge is 0.188 e. The van der Waals surface area contributed by atoms with E-state index >= 15 is 0 Å². The summed E-state index contributed by atoms with van der Waals surface area (Å²) in [6, 6.07) is 11.5. The first-order valence-electron chi connectivity index (χ1n) is 6.26. The summed E-state index contributed by atoms with van der Waals surface area (Å²) >= 11 is 12.6. The molecular weight excluding hydrogens is 322 g/mol. The number of aromatic nitrogens is 1. The molecule has 0 saturated heterocycles. The topological polar surface area (TPSA) is 50.9 Å². The molecule has 0 saturated carbocycles. The molecule has 3 rings (SSSR count). The monoisotopic (exact) mass is 333 g/mol. The number of nitrogens with zero attached hydrogens (tertiary/aromatic N) is 1. The van der Waals surface area contributed by atoms with E-state index in [0.29, 0.717) is 10.0 Å². The summed E-state index contributed by atoms with van der Waals surface area (Å²) in [6.45, 7) is 1.98. The molecule has 1 aromatic heterocycles. The predicted octanol–water partition coefficient (Wildman–Crippen LogP) is 4.64. The SMILES string of the molecule is Cc1cc(Nc2nc3ccc(Cl)cc3s2)ccc1C(N)=S. The Morgan fingerprint density at radius 3 is 2.81 bits per heavy atom. The highest BCUT2D eigenvalue weighted by molar-refractivity contribution is 7.80. The van der Waals surface area contributed by atoms with Crippen LogP contribution in [0.3, 0.4) is 0 Å². The minimum Gasteiger partial charge on any atom is -0.389 e. The molecule has 3 nitrogen and oxygen atoms in total. The van der Waals surface area contributed by atoms with Crippen LogP contribution in [0.25, 0.3) is 10.2 Å². The fourth-order valence-corrected chi connectivity index (χ4v) is 3.48. The van der Waals surface area contributed by atoms with Crippen molar-refractivity contribution in [2.75, 3.05) is 5.32 Å². The van der Waals surface area contributed by atoms with E-state index < -0.39 is 0 Å². The molecule has 0 bridgehead atoms. The van der Waals surface area contributed by atoms with E-state index in [4.69, 9.17) is 29.6 Å². The lowest BCUT2D eigenvalue weighted by Crippen LogP contribution is -2.11. The van der Waals surface area contributed by atoms with E-state index in [-0.39, 0.29) is 0 Å². The molecule has 0 amide bonds. The number of benzene rings is 2. The highest BCUT2D eigenvalue weighted by Crippen LogP contribution is 2.30. The van der Waals surface area contributed by atoms with Gasteiger partial charge in [-0.3, -0.25) is 0 Å². The number of nitrogens with one attached hydrogen (secondary N) is 1. The van der Waals surface area contributed by atoms with Crippen LogP contribution in [-0.4, -0.2) is 9.97 Å². The van der Waals surface area contributed by atoms with E-state index in [1.807, 2.05) is 43.3 Å². The summed E-state index contributed by atoms with van der Waals surface area (Å²) in [5.41, 5.74) is 9.49. The van der Waals surface area contributed by atoms with Gasteiger partial charge < -0.3 is 11.1 Å². The summed E-state index contributed by atoms with van der Waals surface area (Å²) in [6.07, 6.45) is 0. The quantitative estimate of drug-likeness (QED) is 0.686. The van der Waals surface area contributed by atoms with Crippen LogP contribution in [0.1, 0.15) is 11.1 Å². The molecule has 0 radical (unpaired) electrons. The van der Waals surface area contributed by atoms with Crippen molar-refractivity contribution in [2.24, 2.45) is 5.73 Å². The zero-order valence-electron chi connectivity index (χ0n) is 11.2. The Kier molecular flexibility index (Phi) is 3.80. The number of rotatable bonds is 3. The minimum atomic E-state index is 0.411. The lowest BCUT2D eigenvalue weighted by Gasteiger charge is -2.07. The Bertz CT molecular complexity index is 842. The van der Waals surface area contributed by atoms with Crippen molar-refractivity contribution in [3.63, 3.8) is 0 Å². The fourth-order valence-electron chi connectivity index (χ4n) is 2.09. The van der Waals surface area contributed by atoms with Crippen LogP contribution in [0.5, 0.6) is 0 Å². The van der Waals surface area contributed by atoms with Gasteiger partial charge in [0.2, 0.25) is 0 Å². The number of aryl methyl sites for hydroxylation is 1. The Morgan fingerprint density at radius 2 is 2.10 bits per heavy atom. The maximum Gasteiger partial charge on any atom is 0.188 e. The summed E-state index contributed by atoms with van der Waals surface area (Å²) in [7, 11) is 0. The molecule has 0 unspecified atom stereocenters. The largest absolute Gasteiger partial charge is 0.389 e. The highest BCUT2D eigenvalue weighted by atomic mass is 35.5. The van der Waals surface area contributed by atoms with Crippen LogP contribution in [0.4, 0.5) is 10.8 Å². The van der Waals surface area contributed by atoms with E-state index in [1.165, 1.54) is 0 Å². The van der Waals surface area contributed by atoms with Crippen molar-refractivity contribution in [1.82, 2.24) is 4.98 Å². The molecule has 3 N–H and O–H groups in total. The lowest BCUT2D eigenvalue weighted by atomic mass is 10.1. The molecule has 0 fully saturated rings. The van der Waals surface area contributed by atoms with Crippen molar-refractivity contribution in [3.8, 4) is 0 Å². The second-order valence-electron chi connectivity index (χ2n) is 4.65. The van der Waals surface area contributed by atoms with Gasteiger partial charge in [-0.1, -0.05) is 35.2 Å². The first kappa shape index (κ1) is 14.3. The average molecular weight is 334 g/mol. The van der Waals surface area contributed by atoms with Crippen LogP contribution < -0.4 is 11.1 Å². The number of nitrogens with two attached hydrogens (primary N) is 1. The van der Waals surface area contributed by atoms with Crippen molar-refractivity contribution in [3.05, 3.63) is 52.5 Å². The van der Waals surface area contributed by atoms with Crippen molar-refractivity contribution < 1.29 is 0 Å². The van der Waals surface area contributed by atoms with E-state index in [9.17, 15) is 0 Å². The number of thiazole rings is 1. The number of hydrogen-bond acceptors (Lipinski definition) is 4. The Labute approximate surface area is 136 Å². The number of thiocarbonyl (C=S) groups is 1.